The number of carbonyl (C=O) groups is 1. The number of aromatic nitrogens is 1. The molecule has 0 N–H and O–H groups in total. The van der Waals surface area contributed by atoms with Crippen molar-refractivity contribution in [2.24, 2.45) is 0 Å². The Morgan fingerprint density at radius 3 is 2.57 bits per heavy atom. The summed E-state index contributed by atoms with van der Waals surface area (Å²) >= 11 is 0. The highest BCUT2D eigenvalue weighted by molar-refractivity contribution is 6.00. The summed E-state index contributed by atoms with van der Waals surface area (Å²) in [6.07, 6.45) is 0. The summed E-state index contributed by atoms with van der Waals surface area (Å²) in [7, 11) is 1.61. The number of hydrogen-bond acceptors (Lipinski definition) is 4. The molecule has 0 aliphatic heterocycles. The molecule has 0 spiro atoms. The average molecular weight is 307 g/mol. The first kappa shape index (κ1) is 15.0. The molecule has 0 aliphatic rings. The normalized spacial score (nSPS) is 10.5. The predicted octanol–water partition coefficient (Wildman–Crippen LogP) is 4.09. The number of benzene rings is 2. The van der Waals surface area contributed by atoms with Gasteiger partial charge >= 0.3 is 5.97 Å². The van der Waals surface area contributed by atoms with Gasteiger partial charge in [0.15, 0.2) is 0 Å². The van der Waals surface area contributed by atoms with E-state index in [4.69, 9.17) is 9.47 Å². The fourth-order valence-electron chi connectivity index (χ4n) is 2.46. The molecule has 0 amide bonds. The Morgan fingerprint density at radius 1 is 1.09 bits per heavy atom. The lowest BCUT2D eigenvalue weighted by Crippen LogP contribution is -2.08. The second kappa shape index (κ2) is 6.48. The highest BCUT2D eigenvalue weighted by Crippen LogP contribution is 2.28. The van der Waals surface area contributed by atoms with Crippen LogP contribution in [-0.4, -0.2) is 24.7 Å². The first-order valence-corrected chi connectivity index (χ1v) is 7.44. The Morgan fingerprint density at radius 2 is 1.87 bits per heavy atom. The highest BCUT2D eigenvalue weighted by atomic mass is 16.5. The molecule has 3 rings (SSSR count). The molecule has 0 saturated carbocycles. The van der Waals surface area contributed by atoms with Crippen LogP contribution in [0.4, 0.5) is 0 Å². The van der Waals surface area contributed by atoms with Crippen molar-refractivity contribution in [2.75, 3.05) is 13.7 Å². The zero-order valence-electron chi connectivity index (χ0n) is 13.1. The van der Waals surface area contributed by atoms with Crippen LogP contribution >= 0.6 is 0 Å². The lowest BCUT2D eigenvalue weighted by Gasteiger charge is -2.11. The maximum absolute atomic E-state index is 12.3. The van der Waals surface area contributed by atoms with Crippen molar-refractivity contribution in [3.05, 3.63) is 60.2 Å². The van der Waals surface area contributed by atoms with Crippen LogP contribution in [0.15, 0.2) is 54.6 Å². The number of rotatable bonds is 4. The summed E-state index contributed by atoms with van der Waals surface area (Å²) in [4.78, 5) is 17.0. The molecule has 0 radical (unpaired) electrons. The maximum Gasteiger partial charge on any atom is 0.340 e. The Hall–Kier alpha value is -2.88. The molecule has 0 saturated heterocycles. The SMILES string of the molecule is CCOC(=O)c1cc2cc(OC)ccc2nc1-c1ccccc1. The van der Waals surface area contributed by atoms with Gasteiger partial charge in [-0.15, -0.1) is 0 Å². The van der Waals surface area contributed by atoms with Gasteiger partial charge in [0.25, 0.3) is 0 Å². The summed E-state index contributed by atoms with van der Waals surface area (Å²) in [6, 6.07) is 17.0. The number of esters is 1. The first-order valence-electron chi connectivity index (χ1n) is 7.44. The van der Waals surface area contributed by atoms with E-state index in [1.807, 2.05) is 54.6 Å². The molecule has 0 bridgehead atoms. The number of pyridine rings is 1. The predicted molar refractivity (Wildman–Crippen MR) is 89.7 cm³/mol. The van der Waals surface area contributed by atoms with E-state index < -0.39 is 0 Å². The molecular formula is C19H17NO3. The number of ether oxygens (including phenoxy) is 2. The molecule has 0 atom stereocenters. The van der Waals surface area contributed by atoms with Gasteiger partial charge in [-0.3, -0.25) is 0 Å². The molecule has 23 heavy (non-hydrogen) atoms. The summed E-state index contributed by atoms with van der Waals surface area (Å²) in [5, 5.41) is 0.840. The number of carbonyl (C=O) groups excluding carboxylic acids is 1. The molecule has 0 aliphatic carbocycles. The van der Waals surface area contributed by atoms with E-state index in [1.165, 1.54) is 0 Å². The lowest BCUT2D eigenvalue weighted by atomic mass is 10.0. The van der Waals surface area contributed by atoms with Crippen molar-refractivity contribution in [1.29, 1.82) is 0 Å². The molecule has 2 aromatic carbocycles. The summed E-state index contributed by atoms with van der Waals surface area (Å²) in [5.41, 5.74) is 2.77. The topological polar surface area (TPSA) is 48.4 Å². The van der Waals surface area contributed by atoms with E-state index in [0.29, 0.717) is 17.9 Å². The fraction of sp³-hybridized carbons (Fsp3) is 0.158. The van der Waals surface area contributed by atoms with Crippen molar-refractivity contribution in [3.8, 4) is 17.0 Å². The van der Waals surface area contributed by atoms with E-state index in [-0.39, 0.29) is 5.97 Å². The van der Waals surface area contributed by atoms with Crippen LogP contribution in [0.2, 0.25) is 0 Å². The lowest BCUT2D eigenvalue weighted by molar-refractivity contribution is 0.0527. The van der Waals surface area contributed by atoms with Crippen LogP contribution in [0.1, 0.15) is 17.3 Å². The molecule has 1 heterocycles. The van der Waals surface area contributed by atoms with Gasteiger partial charge in [-0.1, -0.05) is 30.3 Å². The molecule has 4 heteroatoms. The zero-order chi connectivity index (χ0) is 16.2. The van der Waals surface area contributed by atoms with Crippen LogP contribution in [0.25, 0.3) is 22.2 Å². The van der Waals surface area contributed by atoms with Crippen molar-refractivity contribution in [1.82, 2.24) is 4.98 Å². The third kappa shape index (κ3) is 3.01. The van der Waals surface area contributed by atoms with E-state index in [1.54, 1.807) is 14.0 Å². The van der Waals surface area contributed by atoms with Gasteiger partial charge in [-0.25, -0.2) is 9.78 Å². The Balaban J connectivity index is 2.23. The third-order valence-corrected chi connectivity index (χ3v) is 3.56. The van der Waals surface area contributed by atoms with Gasteiger partial charge in [0.05, 0.1) is 30.5 Å². The third-order valence-electron chi connectivity index (χ3n) is 3.56. The van der Waals surface area contributed by atoms with Crippen molar-refractivity contribution >= 4 is 16.9 Å². The van der Waals surface area contributed by atoms with Crippen molar-refractivity contribution < 1.29 is 14.3 Å². The second-order valence-corrected chi connectivity index (χ2v) is 5.03. The first-order chi connectivity index (χ1) is 11.2. The zero-order valence-corrected chi connectivity index (χ0v) is 13.1. The summed E-state index contributed by atoms with van der Waals surface area (Å²) in [6.45, 7) is 2.11. The Kier molecular flexibility index (Phi) is 4.24. The molecule has 0 unspecified atom stereocenters. The quantitative estimate of drug-likeness (QED) is 0.681. The van der Waals surface area contributed by atoms with Crippen LogP contribution in [-0.2, 0) is 4.74 Å². The van der Waals surface area contributed by atoms with E-state index in [9.17, 15) is 4.79 Å². The molecule has 0 fully saturated rings. The minimum atomic E-state index is -0.372. The molecule has 116 valence electrons. The van der Waals surface area contributed by atoms with E-state index in [2.05, 4.69) is 4.98 Å². The number of nitrogens with zero attached hydrogens (tertiary/aromatic N) is 1. The van der Waals surface area contributed by atoms with E-state index in [0.717, 1.165) is 22.2 Å². The van der Waals surface area contributed by atoms with Gasteiger partial charge in [-0.05, 0) is 31.2 Å². The van der Waals surface area contributed by atoms with Gasteiger partial charge in [0.2, 0.25) is 0 Å². The number of hydrogen-bond donors (Lipinski definition) is 0. The van der Waals surface area contributed by atoms with Crippen molar-refractivity contribution in [2.45, 2.75) is 6.92 Å². The second-order valence-electron chi connectivity index (χ2n) is 5.03. The molecular weight excluding hydrogens is 290 g/mol. The minimum absolute atomic E-state index is 0.323. The van der Waals surface area contributed by atoms with Crippen LogP contribution in [0, 0.1) is 0 Å². The molecule has 3 aromatic rings. The Labute approximate surface area is 134 Å². The van der Waals surface area contributed by atoms with Gasteiger partial charge < -0.3 is 9.47 Å². The Bertz CT molecular complexity index is 844. The van der Waals surface area contributed by atoms with Gasteiger partial charge in [0.1, 0.15) is 5.75 Å². The summed E-state index contributed by atoms with van der Waals surface area (Å²) in [5.74, 6) is 0.352. The molecule has 1 aromatic heterocycles. The largest absolute Gasteiger partial charge is 0.497 e. The van der Waals surface area contributed by atoms with E-state index >= 15 is 0 Å². The van der Waals surface area contributed by atoms with Crippen LogP contribution < -0.4 is 4.74 Å². The van der Waals surface area contributed by atoms with Crippen molar-refractivity contribution in [3.63, 3.8) is 0 Å². The summed E-state index contributed by atoms with van der Waals surface area (Å²) < 4.78 is 10.4. The number of fused-ring (bicyclic) bond motifs is 1. The van der Waals surface area contributed by atoms with Crippen LogP contribution in [0.5, 0.6) is 5.75 Å². The number of methoxy groups -OCH3 is 1. The van der Waals surface area contributed by atoms with Crippen LogP contribution in [0.3, 0.4) is 0 Å². The maximum atomic E-state index is 12.3. The standard InChI is InChI=1S/C19H17NO3/c1-3-23-19(21)16-12-14-11-15(22-2)9-10-17(14)20-18(16)13-7-5-4-6-8-13/h4-12H,3H2,1-2H3. The highest BCUT2D eigenvalue weighted by Gasteiger charge is 2.17. The van der Waals surface area contributed by atoms with Gasteiger partial charge in [0, 0.05) is 10.9 Å². The molecule has 4 nitrogen and oxygen atoms in total. The fourth-order valence-corrected chi connectivity index (χ4v) is 2.46. The van der Waals surface area contributed by atoms with Gasteiger partial charge in [-0.2, -0.15) is 0 Å². The average Bonchev–Trinajstić information content (AvgIpc) is 2.61. The monoisotopic (exact) mass is 307 g/mol. The smallest absolute Gasteiger partial charge is 0.340 e. The minimum Gasteiger partial charge on any atom is -0.497 e.